The molecule has 3 N–H and O–H groups in total. The maximum atomic E-state index is 13.9. The minimum absolute atomic E-state index is 0. The summed E-state index contributed by atoms with van der Waals surface area (Å²) in [5.41, 5.74) is 1.13. The largest absolute Gasteiger partial charge is 0.352 e. The molecule has 0 radical (unpaired) electrons. The number of halogens is 2. The Bertz CT molecular complexity index is 655. The van der Waals surface area contributed by atoms with Crippen molar-refractivity contribution in [3.8, 4) is 11.3 Å². The fraction of sp³-hybridized carbons (Fsp3) is 0.375. The number of rotatable bonds is 4. The normalized spacial score (nSPS) is 17.3. The second-order valence-corrected chi connectivity index (χ2v) is 5.56. The summed E-state index contributed by atoms with van der Waals surface area (Å²) in [4.78, 5) is 12.3. The average molecular weight is 339 g/mol. The Kier molecular flexibility index (Phi) is 6.12. The highest BCUT2D eigenvalue weighted by molar-refractivity contribution is 5.99. The van der Waals surface area contributed by atoms with Crippen molar-refractivity contribution in [1.82, 2.24) is 20.8 Å². The first-order valence-electron chi connectivity index (χ1n) is 7.53. The lowest BCUT2D eigenvalue weighted by atomic mass is 9.99. The molecule has 7 heteroatoms. The number of benzene rings is 1. The van der Waals surface area contributed by atoms with Crippen LogP contribution in [0.2, 0.25) is 0 Å². The predicted molar refractivity (Wildman–Crippen MR) is 89.2 cm³/mol. The van der Waals surface area contributed by atoms with Crippen LogP contribution in [-0.4, -0.2) is 35.7 Å². The molecule has 2 heterocycles. The Hall–Kier alpha value is -1.92. The van der Waals surface area contributed by atoms with Crippen molar-refractivity contribution in [3.05, 3.63) is 41.8 Å². The zero-order chi connectivity index (χ0) is 15.4. The number of carbonyl (C=O) groups is 1. The molecular formula is C16H20ClFN4O. The lowest BCUT2D eigenvalue weighted by Gasteiger charge is -2.22. The first-order valence-corrected chi connectivity index (χ1v) is 7.53. The van der Waals surface area contributed by atoms with Gasteiger partial charge in [-0.05, 0) is 44.0 Å². The summed E-state index contributed by atoms with van der Waals surface area (Å²) in [5.74, 6) is -0.156. The van der Waals surface area contributed by atoms with E-state index in [0.29, 0.717) is 29.3 Å². The van der Waals surface area contributed by atoms with E-state index < -0.39 is 0 Å². The summed E-state index contributed by atoms with van der Waals surface area (Å²) < 4.78 is 13.9. The number of hydrogen-bond acceptors (Lipinski definition) is 3. The van der Waals surface area contributed by atoms with Crippen molar-refractivity contribution in [2.24, 2.45) is 5.92 Å². The number of nitrogens with zero attached hydrogens (tertiary/aromatic N) is 1. The van der Waals surface area contributed by atoms with Gasteiger partial charge in [-0.3, -0.25) is 9.89 Å². The van der Waals surface area contributed by atoms with Gasteiger partial charge in [-0.1, -0.05) is 12.1 Å². The van der Waals surface area contributed by atoms with Crippen molar-refractivity contribution in [2.75, 3.05) is 19.6 Å². The van der Waals surface area contributed by atoms with E-state index in [1.165, 1.54) is 12.3 Å². The van der Waals surface area contributed by atoms with Crippen LogP contribution >= 0.6 is 12.4 Å². The molecule has 1 aliphatic heterocycles. The molecule has 5 nitrogen and oxygen atoms in total. The van der Waals surface area contributed by atoms with E-state index >= 15 is 0 Å². The van der Waals surface area contributed by atoms with Gasteiger partial charge in [0, 0.05) is 12.1 Å². The number of aromatic nitrogens is 2. The SMILES string of the molecule is Cl.O=C(NCC1CCCNC1)c1cn[nH]c1-c1ccccc1F. The third-order valence-electron chi connectivity index (χ3n) is 3.98. The van der Waals surface area contributed by atoms with Gasteiger partial charge in [0.1, 0.15) is 5.82 Å². The predicted octanol–water partition coefficient (Wildman–Crippen LogP) is 2.37. The van der Waals surface area contributed by atoms with E-state index in [4.69, 9.17) is 0 Å². The van der Waals surface area contributed by atoms with Gasteiger partial charge in [0.25, 0.3) is 5.91 Å². The lowest BCUT2D eigenvalue weighted by molar-refractivity contribution is 0.0945. The molecule has 1 aliphatic rings. The fourth-order valence-corrected chi connectivity index (χ4v) is 2.76. The summed E-state index contributed by atoms with van der Waals surface area (Å²) in [7, 11) is 0. The first kappa shape index (κ1) is 17.4. The van der Waals surface area contributed by atoms with Crippen LogP contribution in [0.4, 0.5) is 4.39 Å². The minimum Gasteiger partial charge on any atom is -0.352 e. The maximum Gasteiger partial charge on any atom is 0.255 e. The van der Waals surface area contributed by atoms with Crippen LogP contribution < -0.4 is 10.6 Å². The number of nitrogens with one attached hydrogen (secondary N) is 3. The number of hydrogen-bond donors (Lipinski definition) is 3. The number of aromatic amines is 1. The van der Waals surface area contributed by atoms with Crippen molar-refractivity contribution < 1.29 is 9.18 Å². The van der Waals surface area contributed by atoms with Gasteiger partial charge in [0.05, 0.1) is 17.5 Å². The molecule has 0 aliphatic carbocycles. The quantitative estimate of drug-likeness (QED) is 0.801. The fourth-order valence-electron chi connectivity index (χ4n) is 2.76. The third-order valence-corrected chi connectivity index (χ3v) is 3.98. The van der Waals surface area contributed by atoms with E-state index in [-0.39, 0.29) is 24.1 Å². The Morgan fingerprint density at radius 2 is 2.22 bits per heavy atom. The maximum absolute atomic E-state index is 13.9. The van der Waals surface area contributed by atoms with Crippen molar-refractivity contribution in [2.45, 2.75) is 12.8 Å². The smallest absolute Gasteiger partial charge is 0.255 e. The summed E-state index contributed by atoms with van der Waals surface area (Å²) in [6, 6.07) is 6.34. The van der Waals surface area contributed by atoms with Gasteiger partial charge in [0.2, 0.25) is 0 Å². The molecule has 0 spiro atoms. The van der Waals surface area contributed by atoms with Crippen LogP contribution in [0.25, 0.3) is 11.3 Å². The molecule has 3 rings (SSSR count). The molecule has 124 valence electrons. The van der Waals surface area contributed by atoms with E-state index in [9.17, 15) is 9.18 Å². The Morgan fingerprint density at radius 1 is 1.39 bits per heavy atom. The molecule has 1 saturated heterocycles. The van der Waals surface area contributed by atoms with Gasteiger partial charge in [-0.15, -0.1) is 12.4 Å². The molecule has 1 atom stereocenters. The van der Waals surface area contributed by atoms with E-state index in [1.54, 1.807) is 18.2 Å². The summed E-state index contributed by atoms with van der Waals surface area (Å²) in [6.07, 6.45) is 3.68. The van der Waals surface area contributed by atoms with Gasteiger partial charge in [0.15, 0.2) is 0 Å². The lowest BCUT2D eigenvalue weighted by Crippen LogP contribution is -2.38. The van der Waals surface area contributed by atoms with E-state index in [2.05, 4.69) is 20.8 Å². The number of piperidine rings is 1. The topological polar surface area (TPSA) is 69.8 Å². The zero-order valence-electron chi connectivity index (χ0n) is 12.6. The molecule has 1 unspecified atom stereocenters. The Balaban J connectivity index is 0.00000192. The first-order chi connectivity index (χ1) is 10.8. The highest BCUT2D eigenvalue weighted by Gasteiger charge is 2.19. The van der Waals surface area contributed by atoms with Gasteiger partial charge in [-0.2, -0.15) is 5.10 Å². The minimum atomic E-state index is -0.378. The molecule has 23 heavy (non-hydrogen) atoms. The second-order valence-electron chi connectivity index (χ2n) is 5.56. The monoisotopic (exact) mass is 338 g/mol. The highest BCUT2D eigenvalue weighted by atomic mass is 35.5. The third kappa shape index (κ3) is 4.09. The van der Waals surface area contributed by atoms with Crippen LogP contribution in [0.5, 0.6) is 0 Å². The molecular weight excluding hydrogens is 319 g/mol. The molecule has 1 fully saturated rings. The van der Waals surface area contributed by atoms with Crippen LogP contribution in [-0.2, 0) is 0 Å². The molecule has 1 aromatic carbocycles. The van der Waals surface area contributed by atoms with Crippen molar-refractivity contribution >= 4 is 18.3 Å². The van der Waals surface area contributed by atoms with Gasteiger partial charge in [-0.25, -0.2) is 4.39 Å². The average Bonchev–Trinajstić information content (AvgIpc) is 3.03. The van der Waals surface area contributed by atoms with Crippen LogP contribution in [0, 0.1) is 11.7 Å². The summed E-state index contributed by atoms with van der Waals surface area (Å²) >= 11 is 0. The Morgan fingerprint density at radius 3 is 2.96 bits per heavy atom. The summed E-state index contributed by atoms with van der Waals surface area (Å²) in [5, 5.41) is 12.9. The van der Waals surface area contributed by atoms with Gasteiger partial charge < -0.3 is 10.6 Å². The number of H-pyrrole nitrogens is 1. The van der Waals surface area contributed by atoms with Gasteiger partial charge >= 0.3 is 0 Å². The number of carbonyl (C=O) groups excluding carboxylic acids is 1. The van der Waals surface area contributed by atoms with Crippen molar-refractivity contribution in [1.29, 1.82) is 0 Å². The Labute approximate surface area is 140 Å². The molecule has 1 aromatic heterocycles. The molecule has 0 saturated carbocycles. The van der Waals surface area contributed by atoms with Crippen molar-refractivity contribution in [3.63, 3.8) is 0 Å². The number of amides is 1. The van der Waals surface area contributed by atoms with Crippen LogP contribution in [0.1, 0.15) is 23.2 Å². The summed E-state index contributed by atoms with van der Waals surface area (Å²) in [6.45, 7) is 2.59. The second kappa shape index (κ2) is 8.08. The molecule has 0 bridgehead atoms. The standard InChI is InChI=1S/C16H19FN4O.ClH/c17-14-6-2-1-5-12(14)15-13(10-20-21-15)16(22)19-9-11-4-3-7-18-8-11;/h1-2,5-6,10-11,18H,3-4,7-9H2,(H,19,22)(H,20,21);1H. The van der Waals surface area contributed by atoms with Crippen LogP contribution in [0.3, 0.4) is 0 Å². The highest BCUT2D eigenvalue weighted by Crippen LogP contribution is 2.23. The van der Waals surface area contributed by atoms with E-state index in [1.807, 2.05) is 0 Å². The molecule has 1 amide bonds. The van der Waals surface area contributed by atoms with E-state index in [0.717, 1.165) is 25.9 Å². The molecule has 2 aromatic rings. The zero-order valence-corrected chi connectivity index (χ0v) is 13.5. The van der Waals surface area contributed by atoms with Crippen LogP contribution in [0.15, 0.2) is 30.5 Å².